The summed E-state index contributed by atoms with van der Waals surface area (Å²) in [7, 11) is 0. The SMILES string of the molecule is O=C(C[n+]1ccc(-c2cccc3ccccc23)nc1)c1cccc2ccccc12. The third-order valence-electron chi connectivity index (χ3n) is 5.25. The molecular formula is C26H19N2O+. The molecule has 0 spiro atoms. The normalized spacial score (nSPS) is 11.0. The van der Waals surface area contributed by atoms with E-state index in [9.17, 15) is 4.79 Å². The van der Waals surface area contributed by atoms with Crippen LogP contribution in [0.15, 0.2) is 104 Å². The van der Waals surface area contributed by atoms with E-state index in [0.29, 0.717) is 0 Å². The Morgan fingerprint density at radius 2 is 1.38 bits per heavy atom. The Morgan fingerprint density at radius 1 is 0.724 bits per heavy atom. The number of carbonyl (C=O) groups excluding carboxylic acids is 1. The minimum absolute atomic E-state index is 0.0755. The lowest BCUT2D eigenvalue weighted by Gasteiger charge is -2.06. The zero-order chi connectivity index (χ0) is 19.6. The first-order valence-electron chi connectivity index (χ1n) is 9.64. The summed E-state index contributed by atoms with van der Waals surface area (Å²) >= 11 is 0. The van der Waals surface area contributed by atoms with Crippen molar-refractivity contribution in [1.29, 1.82) is 0 Å². The molecule has 3 heteroatoms. The van der Waals surface area contributed by atoms with Gasteiger partial charge in [-0.25, -0.2) is 4.57 Å². The van der Waals surface area contributed by atoms with Crippen LogP contribution in [0.2, 0.25) is 0 Å². The van der Waals surface area contributed by atoms with E-state index in [0.717, 1.165) is 27.6 Å². The first kappa shape index (κ1) is 17.3. The maximum Gasteiger partial charge on any atom is 0.287 e. The molecule has 1 aromatic heterocycles. The molecule has 3 nitrogen and oxygen atoms in total. The molecule has 1 heterocycles. The maximum absolute atomic E-state index is 12.9. The standard InChI is InChI=1S/C26H19N2O/c29-26(24-14-6-10-20-8-2-4-12-22(20)24)17-28-16-15-25(27-18-28)23-13-5-9-19-7-1-3-11-21(19)23/h1-16,18H,17H2/q+1. The molecule has 0 radical (unpaired) electrons. The molecule has 0 N–H and O–H groups in total. The molecule has 5 rings (SSSR count). The van der Waals surface area contributed by atoms with E-state index in [-0.39, 0.29) is 12.3 Å². The summed E-state index contributed by atoms with van der Waals surface area (Å²) in [5.41, 5.74) is 2.74. The molecule has 138 valence electrons. The van der Waals surface area contributed by atoms with Gasteiger partial charge in [-0.05, 0) is 32.6 Å². The first-order chi connectivity index (χ1) is 14.3. The lowest BCUT2D eigenvalue weighted by molar-refractivity contribution is -0.686. The van der Waals surface area contributed by atoms with Crippen LogP contribution in [-0.4, -0.2) is 10.8 Å². The Bertz CT molecular complexity index is 1330. The second kappa shape index (κ2) is 7.28. The number of rotatable bonds is 4. The van der Waals surface area contributed by atoms with E-state index in [2.05, 4.69) is 29.2 Å². The van der Waals surface area contributed by atoms with Crippen LogP contribution in [0.3, 0.4) is 0 Å². The van der Waals surface area contributed by atoms with Crippen molar-refractivity contribution in [1.82, 2.24) is 4.98 Å². The molecule has 0 saturated carbocycles. The number of carbonyl (C=O) groups is 1. The van der Waals surface area contributed by atoms with Gasteiger partial charge in [-0.3, -0.25) is 4.79 Å². The maximum atomic E-state index is 12.9. The van der Waals surface area contributed by atoms with Gasteiger partial charge in [0.05, 0.1) is 6.20 Å². The smallest absolute Gasteiger partial charge is 0.287 e. The van der Waals surface area contributed by atoms with E-state index in [1.807, 2.05) is 77.5 Å². The van der Waals surface area contributed by atoms with Crippen molar-refractivity contribution in [3.05, 3.63) is 109 Å². The highest BCUT2D eigenvalue weighted by molar-refractivity contribution is 6.07. The molecule has 0 saturated heterocycles. The highest BCUT2D eigenvalue weighted by Crippen LogP contribution is 2.26. The zero-order valence-electron chi connectivity index (χ0n) is 15.8. The third kappa shape index (κ3) is 3.27. The summed E-state index contributed by atoms with van der Waals surface area (Å²) in [6.45, 7) is 0.261. The van der Waals surface area contributed by atoms with Crippen LogP contribution in [0.5, 0.6) is 0 Å². The Morgan fingerprint density at radius 3 is 2.14 bits per heavy atom. The number of ketones is 1. The molecule has 0 fully saturated rings. The number of benzene rings is 4. The van der Waals surface area contributed by atoms with Crippen LogP contribution in [0.4, 0.5) is 0 Å². The fraction of sp³-hybridized carbons (Fsp3) is 0.0385. The highest BCUT2D eigenvalue weighted by atomic mass is 16.1. The van der Waals surface area contributed by atoms with Gasteiger partial charge in [0, 0.05) is 17.2 Å². The predicted octanol–water partition coefficient (Wildman–Crippen LogP) is 5.23. The second-order valence-electron chi connectivity index (χ2n) is 7.09. The Labute approximate surface area is 168 Å². The predicted molar refractivity (Wildman–Crippen MR) is 116 cm³/mol. The third-order valence-corrected chi connectivity index (χ3v) is 5.25. The first-order valence-corrected chi connectivity index (χ1v) is 9.64. The largest absolute Gasteiger partial charge is 0.290 e. The number of hydrogen-bond acceptors (Lipinski definition) is 2. The topological polar surface area (TPSA) is 33.8 Å². The van der Waals surface area contributed by atoms with Crippen molar-refractivity contribution < 1.29 is 9.36 Å². The summed E-state index contributed by atoms with van der Waals surface area (Å²) in [6.07, 6.45) is 3.66. The van der Waals surface area contributed by atoms with Crippen LogP contribution < -0.4 is 4.57 Å². The second-order valence-corrected chi connectivity index (χ2v) is 7.09. The van der Waals surface area contributed by atoms with Gasteiger partial charge in [0.2, 0.25) is 5.78 Å². The van der Waals surface area contributed by atoms with Crippen LogP contribution in [0, 0.1) is 0 Å². The molecule has 0 aliphatic heterocycles. The molecule has 0 bridgehead atoms. The molecular weight excluding hydrogens is 356 g/mol. The van der Waals surface area contributed by atoms with Crippen molar-refractivity contribution in [3.8, 4) is 11.3 Å². The van der Waals surface area contributed by atoms with Crippen molar-refractivity contribution in [2.75, 3.05) is 0 Å². The van der Waals surface area contributed by atoms with Gasteiger partial charge in [0.15, 0.2) is 12.2 Å². The number of aromatic nitrogens is 2. The monoisotopic (exact) mass is 375 g/mol. The Balaban J connectivity index is 1.44. The quantitative estimate of drug-likeness (QED) is 0.319. The minimum atomic E-state index is 0.0755. The van der Waals surface area contributed by atoms with Gasteiger partial charge >= 0.3 is 0 Å². The molecule has 0 unspecified atom stereocenters. The van der Waals surface area contributed by atoms with E-state index >= 15 is 0 Å². The van der Waals surface area contributed by atoms with Gasteiger partial charge < -0.3 is 0 Å². The molecule has 4 aromatic carbocycles. The summed E-state index contributed by atoms with van der Waals surface area (Å²) in [5.74, 6) is 0.0755. The van der Waals surface area contributed by atoms with Crippen molar-refractivity contribution >= 4 is 27.3 Å². The number of hydrogen-bond donors (Lipinski definition) is 0. The highest BCUT2D eigenvalue weighted by Gasteiger charge is 2.15. The average molecular weight is 375 g/mol. The molecule has 29 heavy (non-hydrogen) atoms. The lowest BCUT2D eigenvalue weighted by Crippen LogP contribution is -2.37. The van der Waals surface area contributed by atoms with E-state index in [1.165, 1.54) is 10.8 Å². The molecule has 0 atom stereocenters. The minimum Gasteiger partial charge on any atom is -0.290 e. The lowest BCUT2D eigenvalue weighted by atomic mass is 10.0. The van der Waals surface area contributed by atoms with E-state index in [1.54, 1.807) is 6.33 Å². The van der Waals surface area contributed by atoms with Crippen LogP contribution in [0.25, 0.3) is 32.8 Å². The summed E-state index contributed by atoms with van der Waals surface area (Å²) in [5, 5.41) is 4.43. The van der Waals surface area contributed by atoms with Gasteiger partial charge in [0.25, 0.3) is 6.33 Å². The summed E-state index contributed by atoms with van der Waals surface area (Å²) in [4.78, 5) is 17.5. The number of nitrogens with zero attached hydrogens (tertiary/aromatic N) is 2. The van der Waals surface area contributed by atoms with Crippen molar-refractivity contribution in [3.63, 3.8) is 0 Å². The van der Waals surface area contributed by atoms with Crippen LogP contribution in [0.1, 0.15) is 10.4 Å². The van der Waals surface area contributed by atoms with Crippen LogP contribution in [-0.2, 0) is 6.54 Å². The van der Waals surface area contributed by atoms with Gasteiger partial charge in [-0.1, -0.05) is 78.9 Å². The Kier molecular flexibility index (Phi) is 4.34. The molecule has 0 aliphatic carbocycles. The fourth-order valence-electron chi connectivity index (χ4n) is 3.81. The summed E-state index contributed by atoms with van der Waals surface area (Å²) < 4.78 is 1.83. The van der Waals surface area contributed by atoms with Crippen molar-refractivity contribution in [2.24, 2.45) is 0 Å². The van der Waals surface area contributed by atoms with E-state index < -0.39 is 0 Å². The molecule has 5 aromatic rings. The van der Waals surface area contributed by atoms with Gasteiger partial charge in [-0.15, -0.1) is 0 Å². The van der Waals surface area contributed by atoms with E-state index in [4.69, 9.17) is 0 Å². The molecule has 0 aliphatic rings. The number of fused-ring (bicyclic) bond motifs is 2. The fourth-order valence-corrected chi connectivity index (χ4v) is 3.81. The van der Waals surface area contributed by atoms with Gasteiger partial charge in [-0.2, -0.15) is 0 Å². The average Bonchev–Trinajstić information content (AvgIpc) is 2.79. The number of Topliss-reactive ketones (excluding diaryl/α,β-unsaturated/α-hetero) is 1. The van der Waals surface area contributed by atoms with Gasteiger partial charge in [0.1, 0.15) is 0 Å². The van der Waals surface area contributed by atoms with Crippen LogP contribution >= 0.6 is 0 Å². The van der Waals surface area contributed by atoms with Crippen molar-refractivity contribution in [2.45, 2.75) is 6.54 Å². The molecule has 0 amide bonds. The summed E-state index contributed by atoms with van der Waals surface area (Å²) in [6, 6.07) is 30.3. The zero-order valence-corrected chi connectivity index (χ0v) is 15.8. The Hall–Kier alpha value is -3.85.